The molecule has 0 aliphatic heterocycles. The molecule has 0 saturated carbocycles. The summed E-state index contributed by atoms with van der Waals surface area (Å²) in [6, 6.07) is 26.6. The zero-order valence-corrected chi connectivity index (χ0v) is 17.8. The van der Waals surface area contributed by atoms with Gasteiger partial charge in [0, 0.05) is 23.7 Å². The van der Waals surface area contributed by atoms with Crippen molar-refractivity contribution in [3.63, 3.8) is 0 Å². The highest BCUT2D eigenvalue weighted by Gasteiger charge is 2.22. The second-order valence-corrected chi connectivity index (χ2v) is 7.21. The third kappa shape index (κ3) is 5.19. The number of rotatable bonds is 8. The molecule has 0 N–H and O–H groups in total. The van der Waals surface area contributed by atoms with Crippen molar-refractivity contribution in [3.05, 3.63) is 114 Å². The van der Waals surface area contributed by atoms with Crippen molar-refractivity contribution in [2.45, 2.75) is 19.4 Å². The summed E-state index contributed by atoms with van der Waals surface area (Å²) in [7, 11) is 0. The lowest BCUT2D eigenvalue weighted by atomic mass is 10.0. The van der Waals surface area contributed by atoms with Crippen LogP contribution in [0.25, 0.3) is 11.5 Å². The van der Waals surface area contributed by atoms with Crippen LogP contribution in [0.15, 0.2) is 107 Å². The Balaban J connectivity index is 1.68. The number of carbonyl (C=O) groups is 1. The van der Waals surface area contributed by atoms with Gasteiger partial charge < -0.3 is 9.15 Å². The summed E-state index contributed by atoms with van der Waals surface area (Å²) < 4.78 is 10.8. The molecule has 32 heavy (non-hydrogen) atoms. The molecule has 0 aliphatic rings. The first-order valence-corrected chi connectivity index (χ1v) is 10.6. The third-order valence-corrected chi connectivity index (χ3v) is 4.97. The molecule has 160 valence electrons. The minimum absolute atomic E-state index is 0.298. The van der Waals surface area contributed by atoms with E-state index in [0.717, 1.165) is 28.1 Å². The van der Waals surface area contributed by atoms with Crippen molar-refractivity contribution in [2.75, 3.05) is 6.61 Å². The van der Waals surface area contributed by atoms with Crippen LogP contribution in [-0.4, -0.2) is 29.3 Å². The molecule has 0 radical (unpaired) electrons. The van der Waals surface area contributed by atoms with E-state index >= 15 is 0 Å². The van der Waals surface area contributed by atoms with Gasteiger partial charge in [-0.2, -0.15) is 0 Å². The fraction of sp³-hybridized carbons (Fsp3) is 0.148. The quantitative estimate of drug-likeness (QED) is 0.282. The molecule has 0 bridgehead atoms. The first-order valence-electron chi connectivity index (χ1n) is 10.6. The fourth-order valence-corrected chi connectivity index (χ4v) is 3.42. The molecule has 0 saturated heterocycles. The Bertz CT molecular complexity index is 1110. The lowest BCUT2D eigenvalue weighted by Crippen LogP contribution is -2.26. The first-order chi connectivity index (χ1) is 15.7. The number of nitrogens with zero attached hydrogens (tertiary/aromatic N) is 2. The number of aromatic nitrogens is 1. The van der Waals surface area contributed by atoms with E-state index in [2.05, 4.69) is 4.98 Å². The number of pyridine rings is 1. The van der Waals surface area contributed by atoms with Crippen LogP contribution < -0.4 is 0 Å². The monoisotopic (exact) mass is 424 g/mol. The maximum Gasteiger partial charge on any atom is 0.331 e. The third-order valence-electron chi connectivity index (χ3n) is 4.97. The zero-order chi connectivity index (χ0) is 22.2. The number of hydrogen-bond donors (Lipinski definition) is 0. The summed E-state index contributed by atoms with van der Waals surface area (Å²) in [6.07, 6.45) is 3.75. The van der Waals surface area contributed by atoms with Crippen LogP contribution in [0, 0.1) is 0 Å². The number of benzene rings is 2. The lowest BCUT2D eigenvalue weighted by molar-refractivity contribution is -0.144. The number of furan rings is 1. The SMILES string of the molecule is CCOC(=O)C(Cc1ccc(-c2ccco2)nc1)N=C(c1ccccc1)c1ccccc1. The van der Waals surface area contributed by atoms with Gasteiger partial charge in [-0.15, -0.1) is 0 Å². The Hall–Kier alpha value is -3.99. The van der Waals surface area contributed by atoms with Gasteiger partial charge in [-0.25, -0.2) is 4.79 Å². The minimum Gasteiger partial charge on any atom is -0.464 e. The highest BCUT2D eigenvalue weighted by atomic mass is 16.5. The van der Waals surface area contributed by atoms with Gasteiger partial charge in [0.2, 0.25) is 0 Å². The lowest BCUT2D eigenvalue weighted by Gasteiger charge is -2.15. The summed E-state index contributed by atoms with van der Waals surface area (Å²) in [4.78, 5) is 22.2. The van der Waals surface area contributed by atoms with E-state index in [0.29, 0.717) is 18.8 Å². The molecule has 2 aromatic heterocycles. The molecule has 5 heteroatoms. The molecule has 1 unspecified atom stereocenters. The Morgan fingerprint density at radius 1 is 0.938 bits per heavy atom. The first kappa shape index (κ1) is 21.2. The van der Waals surface area contributed by atoms with Crippen molar-refractivity contribution in [1.29, 1.82) is 0 Å². The second kappa shape index (κ2) is 10.4. The Labute approximate surface area is 187 Å². The molecule has 0 fully saturated rings. The number of carbonyl (C=O) groups excluding carboxylic acids is 1. The fourth-order valence-electron chi connectivity index (χ4n) is 3.42. The van der Waals surface area contributed by atoms with E-state index in [4.69, 9.17) is 14.1 Å². The molecule has 0 amide bonds. The average Bonchev–Trinajstić information content (AvgIpc) is 3.38. The molecule has 4 rings (SSSR count). The molecule has 0 spiro atoms. The van der Waals surface area contributed by atoms with Gasteiger partial charge in [0.05, 0.1) is 18.6 Å². The van der Waals surface area contributed by atoms with E-state index in [1.807, 2.05) is 84.9 Å². The van der Waals surface area contributed by atoms with Gasteiger partial charge in [-0.1, -0.05) is 66.7 Å². The van der Waals surface area contributed by atoms with Crippen molar-refractivity contribution in [3.8, 4) is 11.5 Å². The maximum absolute atomic E-state index is 12.8. The van der Waals surface area contributed by atoms with Crippen LogP contribution in [-0.2, 0) is 16.0 Å². The minimum atomic E-state index is -0.693. The van der Waals surface area contributed by atoms with Gasteiger partial charge in [0.1, 0.15) is 5.69 Å². The van der Waals surface area contributed by atoms with E-state index in [1.54, 1.807) is 19.4 Å². The van der Waals surface area contributed by atoms with Crippen molar-refractivity contribution in [2.24, 2.45) is 4.99 Å². The number of aliphatic imine (C=N–C) groups is 1. The van der Waals surface area contributed by atoms with Gasteiger partial charge in [-0.3, -0.25) is 9.98 Å². The standard InChI is InChI=1S/C27H24N2O3/c1-2-31-27(30)24(18-20-15-16-23(28-19-20)25-14-9-17-32-25)29-26(21-10-5-3-6-11-21)22-12-7-4-8-13-22/h3-17,19,24H,2,18H2,1H3. The zero-order valence-electron chi connectivity index (χ0n) is 17.8. The predicted molar refractivity (Wildman–Crippen MR) is 125 cm³/mol. The Kier molecular flexibility index (Phi) is 6.88. The number of esters is 1. The summed E-state index contributed by atoms with van der Waals surface area (Å²) >= 11 is 0. The molecule has 0 aliphatic carbocycles. The summed E-state index contributed by atoms with van der Waals surface area (Å²) in [6.45, 7) is 2.10. The van der Waals surface area contributed by atoms with Crippen LogP contribution >= 0.6 is 0 Å². The molecule has 2 aromatic carbocycles. The Morgan fingerprint density at radius 2 is 1.62 bits per heavy atom. The topological polar surface area (TPSA) is 64.7 Å². The predicted octanol–water partition coefficient (Wildman–Crippen LogP) is 5.35. The molecular weight excluding hydrogens is 400 g/mol. The van der Waals surface area contributed by atoms with Crippen molar-refractivity contribution < 1.29 is 13.9 Å². The highest BCUT2D eigenvalue weighted by Crippen LogP contribution is 2.19. The number of ether oxygens (including phenoxy) is 1. The van der Waals surface area contributed by atoms with E-state index in [1.165, 1.54) is 0 Å². The van der Waals surface area contributed by atoms with Crippen molar-refractivity contribution in [1.82, 2.24) is 4.98 Å². The van der Waals surface area contributed by atoms with Gasteiger partial charge >= 0.3 is 5.97 Å². The highest BCUT2D eigenvalue weighted by molar-refractivity contribution is 6.13. The van der Waals surface area contributed by atoms with E-state index < -0.39 is 6.04 Å². The van der Waals surface area contributed by atoms with Crippen LogP contribution in [0.5, 0.6) is 0 Å². The summed E-state index contributed by atoms with van der Waals surface area (Å²) in [5.74, 6) is 0.346. The second-order valence-electron chi connectivity index (χ2n) is 7.21. The van der Waals surface area contributed by atoms with E-state index in [-0.39, 0.29) is 5.97 Å². The summed E-state index contributed by atoms with van der Waals surface area (Å²) in [5.41, 5.74) is 4.27. The van der Waals surface area contributed by atoms with Crippen LogP contribution in [0.3, 0.4) is 0 Å². The van der Waals surface area contributed by atoms with Crippen molar-refractivity contribution >= 4 is 11.7 Å². The van der Waals surface area contributed by atoms with Gasteiger partial charge in [0.15, 0.2) is 11.8 Å². The van der Waals surface area contributed by atoms with Crippen LogP contribution in [0.4, 0.5) is 0 Å². The summed E-state index contributed by atoms with van der Waals surface area (Å²) in [5, 5.41) is 0. The van der Waals surface area contributed by atoms with Gasteiger partial charge in [0.25, 0.3) is 0 Å². The molecular formula is C27H24N2O3. The smallest absolute Gasteiger partial charge is 0.331 e. The molecule has 5 nitrogen and oxygen atoms in total. The molecule has 2 heterocycles. The van der Waals surface area contributed by atoms with Crippen LogP contribution in [0.1, 0.15) is 23.6 Å². The van der Waals surface area contributed by atoms with E-state index in [9.17, 15) is 4.79 Å². The Morgan fingerprint density at radius 3 is 2.16 bits per heavy atom. The molecule has 1 atom stereocenters. The van der Waals surface area contributed by atoms with Crippen LogP contribution in [0.2, 0.25) is 0 Å². The normalized spacial score (nSPS) is 11.5. The largest absolute Gasteiger partial charge is 0.464 e. The van der Waals surface area contributed by atoms with Gasteiger partial charge in [-0.05, 0) is 30.7 Å². The average molecular weight is 425 g/mol. The number of hydrogen-bond acceptors (Lipinski definition) is 5. The maximum atomic E-state index is 12.8. The molecule has 4 aromatic rings.